The second-order valence-corrected chi connectivity index (χ2v) is 5.65. The molecule has 0 atom stereocenters. The van der Waals surface area contributed by atoms with E-state index in [-0.39, 0.29) is 0 Å². The van der Waals surface area contributed by atoms with E-state index < -0.39 is 0 Å². The number of hydrogen-bond donors (Lipinski definition) is 2. The third-order valence-corrected chi connectivity index (χ3v) is 3.23. The van der Waals surface area contributed by atoms with Crippen molar-refractivity contribution in [2.45, 2.75) is 13.3 Å². The number of halogens is 2. The van der Waals surface area contributed by atoms with Crippen LogP contribution in [-0.4, -0.2) is 30.2 Å². The third-order valence-electron chi connectivity index (χ3n) is 2.80. The van der Waals surface area contributed by atoms with Crippen LogP contribution in [0, 0.1) is 6.92 Å². The second-order valence-electron chi connectivity index (χ2n) is 4.77. The standard InChI is InChI=1S/C15H18Cl2N4O/c1-10-6-14(20-13-8-11(16)7-12(17)9-13)21-15(19-10)18-4-3-5-22-2/h6-9H,3-5H2,1-2H3,(H2,18,19,20,21). The lowest BCUT2D eigenvalue weighted by molar-refractivity contribution is 0.197. The third kappa shape index (κ3) is 5.33. The highest BCUT2D eigenvalue weighted by molar-refractivity contribution is 6.35. The fourth-order valence-electron chi connectivity index (χ4n) is 1.90. The zero-order chi connectivity index (χ0) is 15.9. The predicted molar refractivity (Wildman–Crippen MR) is 91.5 cm³/mol. The summed E-state index contributed by atoms with van der Waals surface area (Å²) in [5, 5.41) is 7.50. The molecule has 1 aromatic heterocycles. The van der Waals surface area contributed by atoms with E-state index in [1.54, 1.807) is 25.3 Å². The molecule has 0 aliphatic heterocycles. The maximum Gasteiger partial charge on any atom is 0.224 e. The molecule has 0 saturated heterocycles. The van der Waals surface area contributed by atoms with E-state index in [0.29, 0.717) is 28.4 Å². The lowest BCUT2D eigenvalue weighted by Crippen LogP contribution is -2.09. The smallest absolute Gasteiger partial charge is 0.224 e. The molecule has 0 aliphatic rings. The average Bonchev–Trinajstić information content (AvgIpc) is 2.42. The Morgan fingerprint density at radius 3 is 2.50 bits per heavy atom. The van der Waals surface area contributed by atoms with Gasteiger partial charge in [0.2, 0.25) is 5.95 Å². The van der Waals surface area contributed by atoms with Gasteiger partial charge in [-0.3, -0.25) is 0 Å². The summed E-state index contributed by atoms with van der Waals surface area (Å²) in [7, 11) is 1.68. The molecule has 0 aliphatic carbocycles. The maximum atomic E-state index is 6.00. The SMILES string of the molecule is COCCCNc1nc(C)cc(Nc2cc(Cl)cc(Cl)c2)n1. The van der Waals surface area contributed by atoms with Crippen LogP contribution in [0.3, 0.4) is 0 Å². The molecule has 0 spiro atoms. The van der Waals surface area contributed by atoms with Gasteiger partial charge in [-0.05, 0) is 31.5 Å². The van der Waals surface area contributed by atoms with Crippen molar-refractivity contribution >= 4 is 40.7 Å². The van der Waals surface area contributed by atoms with Gasteiger partial charge in [-0.15, -0.1) is 0 Å². The number of methoxy groups -OCH3 is 1. The van der Waals surface area contributed by atoms with Crippen LogP contribution in [0.5, 0.6) is 0 Å². The fraction of sp³-hybridized carbons (Fsp3) is 0.333. The molecule has 22 heavy (non-hydrogen) atoms. The summed E-state index contributed by atoms with van der Waals surface area (Å²) in [6, 6.07) is 7.12. The van der Waals surface area contributed by atoms with Crippen molar-refractivity contribution in [3.63, 3.8) is 0 Å². The molecule has 1 aromatic carbocycles. The predicted octanol–water partition coefficient (Wildman–Crippen LogP) is 4.28. The molecule has 0 unspecified atom stereocenters. The fourth-order valence-corrected chi connectivity index (χ4v) is 2.43. The van der Waals surface area contributed by atoms with Gasteiger partial charge in [-0.2, -0.15) is 4.98 Å². The topological polar surface area (TPSA) is 59.1 Å². The summed E-state index contributed by atoms with van der Waals surface area (Å²) >= 11 is 12.0. The summed E-state index contributed by atoms with van der Waals surface area (Å²) in [5.74, 6) is 1.26. The number of aryl methyl sites for hydroxylation is 1. The Bertz CT molecular complexity index is 617. The first-order valence-electron chi connectivity index (χ1n) is 6.88. The first-order valence-corrected chi connectivity index (χ1v) is 7.64. The van der Waals surface area contributed by atoms with Gasteiger partial charge in [0.25, 0.3) is 0 Å². The van der Waals surface area contributed by atoms with Gasteiger partial charge in [0.15, 0.2) is 0 Å². The lowest BCUT2D eigenvalue weighted by Gasteiger charge is -2.10. The Hall–Kier alpha value is -1.56. The number of hydrogen-bond acceptors (Lipinski definition) is 5. The maximum absolute atomic E-state index is 6.00. The van der Waals surface area contributed by atoms with Crippen LogP contribution in [0.4, 0.5) is 17.5 Å². The van der Waals surface area contributed by atoms with Crippen molar-refractivity contribution in [1.29, 1.82) is 0 Å². The van der Waals surface area contributed by atoms with Crippen LogP contribution < -0.4 is 10.6 Å². The van der Waals surface area contributed by atoms with Crippen molar-refractivity contribution in [2.75, 3.05) is 30.9 Å². The van der Waals surface area contributed by atoms with E-state index in [0.717, 1.165) is 24.3 Å². The molecule has 7 heteroatoms. The number of benzene rings is 1. The van der Waals surface area contributed by atoms with E-state index in [2.05, 4.69) is 20.6 Å². The van der Waals surface area contributed by atoms with Gasteiger partial charge >= 0.3 is 0 Å². The Balaban J connectivity index is 2.08. The summed E-state index contributed by atoms with van der Waals surface area (Å²) in [6.45, 7) is 3.36. The number of nitrogens with one attached hydrogen (secondary N) is 2. The molecule has 0 amide bonds. The molecule has 0 radical (unpaired) electrons. The van der Waals surface area contributed by atoms with E-state index in [9.17, 15) is 0 Å². The van der Waals surface area contributed by atoms with Gasteiger partial charge < -0.3 is 15.4 Å². The van der Waals surface area contributed by atoms with Crippen LogP contribution in [0.1, 0.15) is 12.1 Å². The summed E-state index contributed by atoms with van der Waals surface area (Å²) in [4.78, 5) is 8.78. The molecule has 0 saturated carbocycles. The minimum Gasteiger partial charge on any atom is -0.385 e. The van der Waals surface area contributed by atoms with E-state index >= 15 is 0 Å². The zero-order valence-corrected chi connectivity index (χ0v) is 14.0. The van der Waals surface area contributed by atoms with Crippen LogP contribution >= 0.6 is 23.2 Å². The Morgan fingerprint density at radius 2 is 1.82 bits per heavy atom. The number of rotatable bonds is 7. The van der Waals surface area contributed by atoms with Gasteiger partial charge in [-0.1, -0.05) is 23.2 Å². The molecular weight excluding hydrogens is 323 g/mol. The van der Waals surface area contributed by atoms with Gasteiger partial charge in [0.1, 0.15) is 5.82 Å². The Kier molecular flexibility index (Phi) is 6.24. The average molecular weight is 341 g/mol. The molecule has 0 fully saturated rings. The normalized spacial score (nSPS) is 10.5. The number of nitrogens with zero attached hydrogens (tertiary/aromatic N) is 2. The highest BCUT2D eigenvalue weighted by Gasteiger charge is 2.04. The minimum absolute atomic E-state index is 0.568. The van der Waals surface area contributed by atoms with Crippen LogP contribution in [-0.2, 0) is 4.74 Å². The molecule has 2 rings (SSSR count). The molecule has 0 bridgehead atoms. The number of ether oxygens (including phenoxy) is 1. The van der Waals surface area contributed by atoms with Gasteiger partial charge in [-0.25, -0.2) is 4.98 Å². The molecule has 2 aromatic rings. The monoisotopic (exact) mass is 340 g/mol. The Labute approximate surface area is 140 Å². The summed E-state index contributed by atoms with van der Waals surface area (Å²) in [5.41, 5.74) is 1.64. The molecular formula is C15H18Cl2N4O. The summed E-state index contributed by atoms with van der Waals surface area (Å²) < 4.78 is 5.01. The molecule has 1 heterocycles. The van der Waals surface area contributed by atoms with Crippen molar-refractivity contribution in [2.24, 2.45) is 0 Å². The number of aromatic nitrogens is 2. The largest absolute Gasteiger partial charge is 0.385 e. The zero-order valence-electron chi connectivity index (χ0n) is 12.5. The molecule has 118 valence electrons. The van der Waals surface area contributed by atoms with Crippen LogP contribution in [0.2, 0.25) is 10.0 Å². The van der Waals surface area contributed by atoms with Crippen molar-refractivity contribution in [3.05, 3.63) is 40.0 Å². The van der Waals surface area contributed by atoms with Gasteiger partial charge in [0, 0.05) is 47.8 Å². The highest BCUT2D eigenvalue weighted by atomic mass is 35.5. The highest BCUT2D eigenvalue weighted by Crippen LogP contribution is 2.25. The van der Waals surface area contributed by atoms with Crippen molar-refractivity contribution < 1.29 is 4.74 Å². The lowest BCUT2D eigenvalue weighted by atomic mass is 10.3. The van der Waals surface area contributed by atoms with E-state index in [1.165, 1.54) is 0 Å². The van der Waals surface area contributed by atoms with Crippen LogP contribution in [0.15, 0.2) is 24.3 Å². The van der Waals surface area contributed by atoms with Crippen molar-refractivity contribution in [3.8, 4) is 0 Å². The van der Waals surface area contributed by atoms with Crippen molar-refractivity contribution in [1.82, 2.24) is 9.97 Å². The molecule has 5 nitrogen and oxygen atoms in total. The van der Waals surface area contributed by atoms with E-state index in [1.807, 2.05) is 13.0 Å². The first kappa shape index (κ1) is 16.8. The van der Waals surface area contributed by atoms with Crippen LogP contribution in [0.25, 0.3) is 0 Å². The van der Waals surface area contributed by atoms with Gasteiger partial charge in [0.05, 0.1) is 0 Å². The number of anilines is 3. The quantitative estimate of drug-likeness (QED) is 0.736. The first-order chi connectivity index (χ1) is 10.6. The second kappa shape index (κ2) is 8.17. The molecule has 2 N–H and O–H groups in total. The minimum atomic E-state index is 0.568. The van der Waals surface area contributed by atoms with E-state index in [4.69, 9.17) is 27.9 Å². The Morgan fingerprint density at radius 1 is 1.09 bits per heavy atom. The summed E-state index contributed by atoms with van der Waals surface area (Å²) in [6.07, 6.45) is 0.889.